The number of carbonyl (C=O) groups is 3. The highest BCUT2D eigenvalue weighted by atomic mass is 16.5. The summed E-state index contributed by atoms with van der Waals surface area (Å²) in [6, 6.07) is 0. The number of ether oxygens (including phenoxy) is 1. The number of hydrogen-bond acceptors (Lipinski definition) is 4. The van der Waals surface area contributed by atoms with E-state index in [0.29, 0.717) is 12.8 Å². The summed E-state index contributed by atoms with van der Waals surface area (Å²) in [6.07, 6.45) is 6.30. The number of rotatable bonds is 2. The van der Waals surface area contributed by atoms with Crippen LogP contribution < -0.4 is 0 Å². The number of allylic oxidation sites excluding steroid dienone is 4. The first-order chi connectivity index (χ1) is 12.1. The van der Waals surface area contributed by atoms with Gasteiger partial charge in [0.1, 0.15) is 17.7 Å². The molecule has 4 nitrogen and oxygen atoms in total. The summed E-state index contributed by atoms with van der Waals surface area (Å²) < 4.78 is 5.52. The summed E-state index contributed by atoms with van der Waals surface area (Å²) in [5, 5.41) is 0. The molecule has 0 bridgehead atoms. The molecule has 142 valence electrons. The number of Topliss-reactive ketones (excluding diaryl/α,β-unsaturated/α-hetero) is 2. The third-order valence-corrected chi connectivity index (χ3v) is 5.58. The minimum Gasteiger partial charge on any atom is -0.458 e. The van der Waals surface area contributed by atoms with Crippen LogP contribution in [-0.2, 0) is 19.1 Å². The van der Waals surface area contributed by atoms with E-state index in [4.69, 9.17) is 4.74 Å². The SMILES string of the molecule is C=C(C)[C@H]1/C=C\[C@@H](C)C(=O)[C@H]2C[C@@H](C)[C@H](OC(C)=O)C2=C[C@H](C)C(=O)C1. The van der Waals surface area contributed by atoms with Gasteiger partial charge in [-0.05, 0) is 24.8 Å². The maximum atomic E-state index is 13.1. The van der Waals surface area contributed by atoms with Crippen LogP contribution in [0.1, 0.15) is 47.5 Å². The van der Waals surface area contributed by atoms with Gasteiger partial charge in [0.15, 0.2) is 0 Å². The quantitative estimate of drug-likeness (QED) is 0.552. The van der Waals surface area contributed by atoms with Crippen LogP contribution in [-0.4, -0.2) is 23.6 Å². The second-order valence-electron chi connectivity index (χ2n) is 7.95. The van der Waals surface area contributed by atoms with Crippen molar-refractivity contribution in [3.05, 3.63) is 36.0 Å². The number of hydrogen-bond donors (Lipinski definition) is 0. The molecule has 0 amide bonds. The average Bonchev–Trinajstić information content (AvgIpc) is 2.84. The van der Waals surface area contributed by atoms with Gasteiger partial charge in [-0.15, -0.1) is 0 Å². The molecular formula is C22H30O4. The molecule has 0 aromatic rings. The van der Waals surface area contributed by atoms with Gasteiger partial charge in [-0.3, -0.25) is 14.4 Å². The van der Waals surface area contributed by atoms with Gasteiger partial charge in [0, 0.05) is 37.0 Å². The van der Waals surface area contributed by atoms with E-state index in [1.165, 1.54) is 6.92 Å². The summed E-state index contributed by atoms with van der Waals surface area (Å²) in [6.45, 7) is 13.0. The molecule has 0 unspecified atom stereocenters. The van der Waals surface area contributed by atoms with E-state index in [1.54, 1.807) is 0 Å². The molecule has 0 heterocycles. The lowest BCUT2D eigenvalue weighted by atomic mass is 9.87. The molecule has 1 fully saturated rings. The van der Waals surface area contributed by atoms with Crippen LogP contribution in [0.2, 0.25) is 0 Å². The monoisotopic (exact) mass is 358 g/mol. The van der Waals surface area contributed by atoms with E-state index in [-0.39, 0.29) is 47.1 Å². The van der Waals surface area contributed by atoms with E-state index < -0.39 is 6.10 Å². The Kier molecular flexibility index (Phi) is 6.38. The fraction of sp³-hybridized carbons (Fsp3) is 0.591. The second kappa shape index (κ2) is 8.15. The van der Waals surface area contributed by atoms with E-state index in [0.717, 1.165) is 11.1 Å². The Morgan fingerprint density at radius 2 is 1.77 bits per heavy atom. The van der Waals surface area contributed by atoms with Crippen LogP contribution in [0.5, 0.6) is 0 Å². The third kappa shape index (κ3) is 4.40. The first-order valence-corrected chi connectivity index (χ1v) is 9.40. The van der Waals surface area contributed by atoms with Gasteiger partial charge in [-0.2, -0.15) is 0 Å². The van der Waals surface area contributed by atoms with Crippen molar-refractivity contribution in [1.29, 1.82) is 0 Å². The van der Waals surface area contributed by atoms with Gasteiger partial charge in [0.2, 0.25) is 0 Å². The Bertz CT molecular complexity index is 670. The molecule has 0 aliphatic heterocycles. The van der Waals surface area contributed by atoms with Crippen LogP contribution in [0.3, 0.4) is 0 Å². The molecule has 6 atom stereocenters. The maximum Gasteiger partial charge on any atom is 0.303 e. The van der Waals surface area contributed by atoms with Crippen molar-refractivity contribution in [3.63, 3.8) is 0 Å². The minimum atomic E-state index is -0.425. The summed E-state index contributed by atoms with van der Waals surface area (Å²) in [7, 11) is 0. The molecule has 0 spiro atoms. The van der Waals surface area contributed by atoms with Crippen molar-refractivity contribution in [1.82, 2.24) is 0 Å². The number of ketones is 2. The Labute approximate surface area is 156 Å². The molecule has 0 saturated heterocycles. The lowest BCUT2D eigenvalue weighted by Crippen LogP contribution is -2.25. The van der Waals surface area contributed by atoms with Crippen molar-refractivity contribution < 1.29 is 19.1 Å². The molecule has 1 saturated carbocycles. The highest BCUT2D eigenvalue weighted by Crippen LogP contribution is 2.41. The number of carbonyl (C=O) groups excluding carboxylic acids is 3. The van der Waals surface area contributed by atoms with Crippen molar-refractivity contribution >= 4 is 17.5 Å². The van der Waals surface area contributed by atoms with E-state index in [9.17, 15) is 14.4 Å². The van der Waals surface area contributed by atoms with Crippen molar-refractivity contribution in [2.75, 3.05) is 0 Å². The fourth-order valence-electron chi connectivity index (χ4n) is 3.92. The lowest BCUT2D eigenvalue weighted by Gasteiger charge is -2.20. The summed E-state index contributed by atoms with van der Waals surface area (Å²) in [5.41, 5.74) is 1.72. The molecule has 2 aliphatic rings. The Morgan fingerprint density at radius 1 is 1.12 bits per heavy atom. The molecule has 0 N–H and O–H groups in total. The highest BCUT2D eigenvalue weighted by Gasteiger charge is 2.43. The zero-order valence-electron chi connectivity index (χ0n) is 16.5. The summed E-state index contributed by atoms with van der Waals surface area (Å²) in [5.74, 6) is -1.01. The molecule has 0 aromatic heterocycles. The maximum absolute atomic E-state index is 13.1. The third-order valence-electron chi connectivity index (χ3n) is 5.58. The number of esters is 1. The molecule has 0 radical (unpaired) electrons. The van der Waals surface area contributed by atoms with Crippen LogP contribution in [0.4, 0.5) is 0 Å². The number of fused-ring (bicyclic) bond motifs is 1. The largest absolute Gasteiger partial charge is 0.458 e. The first-order valence-electron chi connectivity index (χ1n) is 9.40. The van der Waals surface area contributed by atoms with Gasteiger partial charge in [0.25, 0.3) is 0 Å². The van der Waals surface area contributed by atoms with Gasteiger partial charge in [-0.25, -0.2) is 0 Å². The zero-order chi connectivity index (χ0) is 19.6. The highest BCUT2D eigenvalue weighted by molar-refractivity contribution is 5.89. The van der Waals surface area contributed by atoms with Crippen molar-refractivity contribution in [3.8, 4) is 0 Å². The van der Waals surface area contributed by atoms with E-state index >= 15 is 0 Å². The topological polar surface area (TPSA) is 60.4 Å². The van der Waals surface area contributed by atoms with Gasteiger partial charge in [0.05, 0.1) is 0 Å². The summed E-state index contributed by atoms with van der Waals surface area (Å²) in [4.78, 5) is 37.3. The van der Waals surface area contributed by atoms with Gasteiger partial charge in [-0.1, -0.05) is 51.2 Å². The average molecular weight is 358 g/mol. The predicted molar refractivity (Wildman–Crippen MR) is 101 cm³/mol. The predicted octanol–water partition coefficient (Wildman–Crippen LogP) is 4.06. The Morgan fingerprint density at radius 3 is 2.35 bits per heavy atom. The first kappa shape index (κ1) is 20.3. The van der Waals surface area contributed by atoms with Crippen molar-refractivity contribution in [2.24, 2.45) is 29.6 Å². The zero-order valence-corrected chi connectivity index (χ0v) is 16.5. The second-order valence-corrected chi connectivity index (χ2v) is 7.95. The van der Waals surface area contributed by atoms with E-state index in [1.807, 2.05) is 45.9 Å². The Balaban J connectivity index is 2.47. The van der Waals surface area contributed by atoms with Gasteiger partial charge >= 0.3 is 5.97 Å². The smallest absolute Gasteiger partial charge is 0.303 e. The normalized spacial score (nSPS) is 36.6. The standard InChI is InChI=1S/C22H30O4/c1-12(2)17-8-7-13(3)21(25)18-10-15(5)22(26-16(6)23)19(18)9-14(4)20(24)11-17/h7-9,13-15,17-18,22H,1,10-11H2,2-6H3/b8-7-,19-9?/t13-,14+,15-,17+,18+,22+/m1/s1. The minimum absolute atomic E-state index is 0.0558. The molecular weight excluding hydrogens is 328 g/mol. The Hall–Kier alpha value is -1.97. The van der Waals surface area contributed by atoms with Gasteiger partial charge < -0.3 is 4.74 Å². The molecule has 4 heteroatoms. The summed E-state index contributed by atoms with van der Waals surface area (Å²) >= 11 is 0. The molecule has 2 rings (SSSR count). The molecule has 2 aliphatic carbocycles. The van der Waals surface area contributed by atoms with Crippen LogP contribution in [0.25, 0.3) is 0 Å². The molecule has 26 heavy (non-hydrogen) atoms. The van der Waals surface area contributed by atoms with Crippen LogP contribution in [0, 0.1) is 29.6 Å². The van der Waals surface area contributed by atoms with Crippen LogP contribution in [0.15, 0.2) is 36.0 Å². The lowest BCUT2D eigenvalue weighted by molar-refractivity contribution is -0.146. The van der Waals surface area contributed by atoms with Crippen LogP contribution >= 0.6 is 0 Å². The van der Waals surface area contributed by atoms with Crippen molar-refractivity contribution in [2.45, 2.75) is 53.6 Å². The fourth-order valence-corrected chi connectivity index (χ4v) is 3.92. The van der Waals surface area contributed by atoms with E-state index in [2.05, 4.69) is 6.58 Å². The molecule has 0 aromatic carbocycles.